The third kappa shape index (κ3) is 4.46. The van der Waals surface area contributed by atoms with Crippen LogP contribution in [0.4, 0.5) is 14.5 Å². The number of amides is 1. The lowest BCUT2D eigenvalue weighted by Crippen LogP contribution is -2.39. The lowest BCUT2D eigenvalue weighted by molar-refractivity contribution is -0.139. The van der Waals surface area contributed by atoms with Crippen LogP contribution in [-0.2, 0) is 9.59 Å². The van der Waals surface area contributed by atoms with Crippen LogP contribution >= 0.6 is 0 Å². The lowest BCUT2D eigenvalue weighted by atomic mass is 10.3. The lowest BCUT2D eigenvalue weighted by Gasteiger charge is -2.09. The molecule has 1 unspecified atom stereocenters. The van der Waals surface area contributed by atoms with Crippen LogP contribution in [0.3, 0.4) is 0 Å². The number of hydrogen-bond acceptors (Lipinski definition) is 3. The highest BCUT2D eigenvalue weighted by molar-refractivity contribution is 5.92. The van der Waals surface area contributed by atoms with E-state index in [4.69, 9.17) is 5.11 Å². The topological polar surface area (TPSA) is 78.4 Å². The summed E-state index contributed by atoms with van der Waals surface area (Å²) in [5.41, 5.74) is -0.0257. The monoisotopic (exact) mass is 258 g/mol. The number of benzene rings is 1. The van der Waals surface area contributed by atoms with Crippen LogP contribution in [0.2, 0.25) is 0 Å². The number of carboxylic acid groups (broad SMARTS) is 1. The van der Waals surface area contributed by atoms with Crippen molar-refractivity contribution in [2.24, 2.45) is 0 Å². The van der Waals surface area contributed by atoms with Gasteiger partial charge in [0.15, 0.2) is 0 Å². The molecule has 1 aromatic carbocycles. The molecule has 1 atom stereocenters. The van der Waals surface area contributed by atoms with Crippen molar-refractivity contribution < 1.29 is 23.5 Å². The number of carbonyl (C=O) groups excluding carboxylic acids is 1. The van der Waals surface area contributed by atoms with Crippen molar-refractivity contribution in [3.63, 3.8) is 0 Å². The fourth-order valence-electron chi connectivity index (χ4n) is 1.16. The molecule has 0 aromatic heterocycles. The van der Waals surface area contributed by atoms with E-state index in [-0.39, 0.29) is 12.2 Å². The molecule has 7 heteroatoms. The average Bonchev–Trinajstić information content (AvgIpc) is 2.24. The molecule has 0 bridgehead atoms. The second-order valence-corrected chi connectivity index (χ2v) is 3.65. The van der Waals surface area contributed by atoms with Gasteiger partial charge in [0.1, 0.15) is 17.7 Å². The van der Waals surface area contributed by atoms with E-state index in [0.717, 1.165) is 12.1 Å². The second kappa shape index (κ2) is 6.06. The van der Waals surface area contributed by atoms with Crippen LogP contribution in [0.15, 0.2) is 18.2 Å². The third-order valence-electron chi connectivity index (χ3n) is 2.09. The number of hydrogen-bond donors (Lipinski definition) is 3. The fourth-order valence-corrected chi connectivity index (χ4v) is 1.16. The minimum atomic E-state index is -1.10. The number of nitrogens with one attached hydrogen (secondary N) is 2. The van der Waals surface area contributed by atoms with Crippen LogP contribution in [0.1, 0.15) is 6.92 Å². The van der Waals surface area contributed by atoms with Crippen molar-refractivity contribution in [3.8, 4) is 0 Å². The summed E-state index contributed by atoms with van der Waals surface area (Å²) in [5.74, 6) is -3.30. The number of carboxylic acids is 1. The molecule has 0 heterocycles. The fraction of sp³-hybridized carbons (Fsp3) is 0.273. The molecule has 98 valence electrons. The molecule has 0 aliphatic heterocycles. The van der Waals surface area contributed by atoms with Crippen LogP contribution in [0.25, 0.3) is 0 Å². The van der Waals surface area contributed by atoms with E-state index in [1.165, 1.54) is 6.92 Å². The van der Waals surface area contributed by atoms with Gasteiger partial charge in [0, 0.05) is 11.8 Å². The van der Waals surface area contributed by atoms with Crippen LogP contribution in [0, 0.1) is 11.6 Å². The van der Waals surface area contributed by atoms with E-state index in [2.05, 4.69) is 10.6 Å². The van der Waals surface area contributed by atoms with Crippen LogP contribution in [-0.4, -0.2) is 29.6 Å². The first-order chi connectivity index (χ1) is 8.38. The van der Waals surface area contributed by atoms with Gasteiger partial charge in [-0.1, -0.05) is 0 Å². The molecule has 3 N–H and O–H groups in total. The molecule has 0 fully saturated rings. The normalized spacial score (nSPS) is 11.9. The van der Waals surface area contributed by atoms with Gasteiger partial charge >= 0.3 is 5.97 Å². The highest BCUT2D eigenvalue weighted by atomic mass is 19.1. The van der Waals surface area contributed by atoms with Gasteiger partial charge in [0.05, 0.1) is 6.54 Å². The molecule has 1 rings (SSSR count). The maximum atomic E-state index is 12.8. The van der Waals surface area contributed by atoms with Gasteiger partial charge in [-0.25, -0.2) is 8.78 Å². The second-order valence-electron chi connectivity index (χ2n) is 3.65. The molecule has 0 spiro atoms. The predicted octanol–water partition coefficient (Wildman–Crippen LogP) is 0.966. The summed E-state index contributed by atoms with van der Waals surface area (Å²) >= 11 is 0. The first-order valence-electron chi connectivity index (χ1n) is 5.10. The molecule has 0 saturated carbocycles. The summed E-state index contributed by atoms with van der Waals surface area (Å²) in [5, 5.41) is 13.2. The van der Waals surface area contributed by atoms with Crippen molar-refractivity contribution in [2.45, 2.75) is 13.0 Å². The summed E-state index contributed by atoms with van der Waals surface area (Å²) in [6.45, 7) is 1.10. The van der Waals surface area contributed by atoms with Gasteiger partial charge in [-0.15, -0.1) is 0 Å². The van der Waals surface area contributed by atoms with Crippen molar-refractivity contribution in [1.82, 2.24) is 5.32 Å². The van der Waals surface area contributed by atoms with E-state index in [9.17, 15) is 18.4 Å². The highest BCUT2D eigenvalue weighted by Gasteiger charge is 2.12. The first-order valence-corrected chi connectivity index (χ1v) is 5.10. The van der Waals surface area contributed by atoms with E-state index < -0.39 is 29.6 Å². The van der Waals surface area contributed by atoms with Crippen molar-refractivity contribution in [1.29, 1.82) is 0 Å². The molecule has 1 amide bonds. The van der Waals surface area contributed by atoms with Gasteiger partial charge in [0.25, 0.3) is 0 Å². The third-order valence-corrected chi connectivity index (χ3v) is 2.09. The maximum absolute atomic E-state index is 12.8. The maximum Gasteiger partial charge on any atom is 0.320 e. The number of carbonyl (C=O) groups is 2. The zero-order chi connectivity index (χ0) is 13.7. The van der Waals surface area contributed by atoms with Crippen molar-refractivity contribution in [3.05, 3.63) is 29.8 Å². The first kappa shape index (κ1) is 14.0. The molecule has 5 nitrogen and oxygen atoms in total. The summed E-state index contributed by atoms with van der Waals surface area (Å²) in [6, 6.07) is 1.71. The Labute approximate surface area is 102 Å². The van der Waals surface area contributed by atoms with E-state index in [0.29, 0.717) is 6.07 Å². The van der Waals surface area contributed by atoms with Crippen LogP contribution in [0.5, 0.6) is 0 Å². The molecular weight excluding hydrogens is 246 g/mol. The molecule has 0 aliphatic carbocycles. The zero-order valence-electron chi connectivity index (χ0n) is 9.54. The standard InChI is InChI=1S/C11H12F2N2O3/c1-6(11(17)18)14-5-10(16)15-9-3-7(12)2-8(13)4-9/h2-4,6,14H,5H2,1H3,(H,15,16)(H,17,18). The Hall–Kier alpha value is -2.02. The Bertz CT molecular complexity index is 445. The van der Waals surface area contributed by atoms with Gasteiger partial charge in [0.2, 0.25) is 5.91 Å². The highest BCUT2D eigenvalue weighted by Crippen LogP contribution is 2.12. The Balaban J connectivity index is 2.52. The Morgan fingerprint density at radius 1 is 1.28 bits per heavy atom. The van der Waals surface area contributed by atoms with Gasteiger partial charge in [-0.2, -0.15) is 0 Å². The van der Waals surface area contributed by atoms with Gasteiger partial charge in [-0.05, 0) is 19.1 Å². The Kier molecular flexibility index (Phi) is 4.73. The molecule has 0 saturated heterocycles. The quantitative estimate of drug-likeness (QED) is 0.735. The van der Waals surface area contributed by atoms with E-state index in [1.807, 2.05) is 0 Å². The van der Waals surface area contributed by atoms with Gasteiger partial charge in [-0.3, -0.25) is 14.9 Å². The average molecular weight is 258 g/mol. The summed E-state index contributed by atoms with van der Waals surface area (Å²) in [6.07, 6.45) is 0. The van der Waals surface area contributed by atoms with Crippen molar-refractivity contribution >= 4 is 17.6 Å². The Morgan fingerprint density at radius 3 is 2.33 bits per heavy atom. The Morgan fingerprint density at radius 2 is 1.83 bits per heavy atom. The van der Waals surface area contributed by atoms with Crippen molar-refractivity contribution in [2.75, 3.05) is 11.9 Å². The molecule has 0 aliphatic rings. The largest absolute Gasteiger partial charge is 0.480 e. The summed E-state index contributed by atoms with van der Waals surface area (Å²) in [7, 11) is 0. The zero-order valence-corrected chi connectivity index (χ0v) is 9.54. The SMILES string of the molecule is CC(NCC(=O)Nc1cc(F)cc(F)c1)C(=O)O. The molecule has 18 heavy (non-hydrogen) atoms. The van der Waals surface area contributed by atoms with Crippen LogP contribution < -0.4 is 10.6 Å². The smallest absolute Gasteiger partial charge is 0.320 e. The summed E-state index contributed by atoms with van der Waals surface area (Å²) in [4.78, 5) is 21.8. The molecule has 0 radical (unpaired) electrons. The number of anilines is 1. The molecular formula is C11H12F2N2O3. The number of rotatable bonds is 5. The molecule has 1 aromatic rings. The summed E-state index contributed by atoms with van der Waals surface area (Å²) < 4.78 is 25.6. The predicted molar refractivity (Wildman–Crippen MR) is 60.1 cm³/mol. The number of aliphatic carboxylic acids is 1. The minimum Gasteiger partial charge on any atom is -0.480 e. The number of halogens is 2. The van der Waals surface area contributed by atoms with Gasteiger partial charge < -0.3 is 10.4 Å². The minimum absolute atomic E-state index is 0.0257. The van der Waals surface area contributed by atoms with E-state index >= 15 is 0 Å². The van der Waals surface area contributed by atoms with E-state index in [1.54, 1.807) is 0 Å².